The lowest BCUT2D eigenvalue weighted by molar-refractivity contribution is -0.115. The van der Waals surface area contributed by atoms with Gasteiger partial charge < -0.3 is 10.1 Å². The van der Waals surface area contributed by atoms with Gasteiger partial charge in [0.05, 0.1) is 12.8 Å². The van der Waals surface area contributed by atoms with Crippen molar-refractivity contribution in [2.45, 2.75) is 0 Å². The van der Waals surface area contributed by atoms with Gasteiger partial charge in [0.15, 0.2) is 5.82 Å². The highest BCUT2D eigenvalue weighted by molar-refractivity contribution is 6.14. The molecular formula is C15H13N3O3. The van der Waals surface area contributed by atoms with Crippen LogP contribution in [0.2, 0.25) is 0 Å². The molecule has 0 saturated carbocycles. The van der Waals surface area contributed by atoms with Crippen molar-refractivity contribution in [2.24, 2.45) is 0 Å². The first-order valence-corrected chi connectivity index (χ1v) is 6.40. The van der Waals surface area contributed by atoms with Gasteiger partial charge >= 0.3 is 0 Å². The maximum Gasteiger partial charge on any atom is 0.259 e. The lowest BCUT2D eigenvalue weighted by atomic mass is 10.1. The first kappa shape index (κ1) is 13.1. The van der Waals surface area contributed by atoms with Crippen LogP contribution < -0.4 is 15.0 Å². The zero-order chi connectivity index (χ0) is 14.8. The molecule has 106 valence electrons. The van der Waals surface area contributed by atoms with Crippen LogP contribution in [0.5, 0.6) is 5.75 Å². The highest BCUT2D eigenvalue weighted by atomic mass is 16.5. The van der Waals surface area contributed by atoms with Crippen LogP contribution in [-0.2, 0) is 4.79 Å². The number of methoxy groups -OCH3 is 1. The molecule has 2 heterocycles. The molecule has 1 N–H and O–H groups in total. The van der Waals surface area contributed by atoms with E-state index >= 15 is 0 Å². The Morgan fingerprint density at radius 2 is 2.05 bits per heavy atom. The molecule has 0 saturated heterocycles. The standard InChI is InChI=1S/C15H13N3O3/c1-21-11-6-4-10(5-7-11)15(20)18-9-13(19)17-12-3-2-8-16-14(12)18/h2-8H,9H2,1H3,(H,17,19). The fourth-order valence-corrected chi connectivity index (χ4v) is 2.18. The number of fused-ring (bicyclic) bond motifs is 1. The molecule has 0 spiro atoms. The van der Waals surface area contributed by atoms with Crippen molar-refractivity contribution in [2.75, 3.05) is 23.9 Å². The van der Waals surface area contributed by atoms with Crippen LogP contribution in [0.25, 0.3) is 0 Å². The molecule has 0 aliphatic carbocycles. The van der Waals surface area contributed by atoms with E-state index < -0.39 is 0 Å². The summed E-state index contributed by atoms with van der Waals surface area (Å²) in [5, 5.41) is 2.70. The second-order valence-electron chi connectivity index (χ2n) is 4.54. The van der Waals surface area contributed by atoms with Crippen LogP contribution in [0.1, 0.15) is 10.4 Å². The van der Waals surface area contributed by atoms with Crippen molar-refractivity contribution in [3.8, 4) is 5.75 Å². The number of hydrogen-bond donors (Lipinski definition) is 1. The molecule has 0 unspecified atom stereocenters. The molecule has 1 aromatic heterocycles. The summed E-state index contributed by atoms with van der Waals surface area (Å²) in [5.74, 6) is 0.615. The molecule has 6 nitrogen and oxygen atoms in total. The van der Waals surface area contributed by atoms with Crippen LogP contribution in [0.4, 0.5) is 11.5 Å². The summed E-state index contributed by atoms with van der Waals surface area (Å²) in [6.45, 7) is -0.0468. The smallest absolute Gasteiger partial charge is 0.259 e. The lowest BCUT2D eigenvalue weighted by Gasteiger charge is -2.27. The number of hydrogen-bond acceptors (Lipinski definition) is 4. The van der Waals surface area contributed by atoms with Gasteiger partial charge in [-0.15, -0.1) is 0 Å². The minimum Gasteiger partial charge on any atom is -0.497 e. The molecule has 21 heavy (non-hydrogen) atoms. The number of amides is 2. The maximum atomic E-state index is 12.6. The van der Waals surface area contributed by atoms with Gasteiger partial charge in [-0.3, -0.25) is 14.5 Å². The fraction of sp³-hybridized carbons (Fsp3) is 0.133. The molecule has 2 aromatic rings. The summed E-state index contributed by atoms with van der Waals surface area (Å²) in [6.07, 6.45) is 1.59. The van der Waals surface area contributed by atoms with Crippen molar-refractivity contribution in [1.29, 1.82) is 0 Å². The third-order valence-corrected chi connectivity index (χ3v) is 3.20. The Bertz CT molecular complexity index is 698. The van der Waals surface area contributed by atoms with E-state index in [1.165, 1.54) is 4.90 Å². The van der Waals surface area contributed by atoms with E-state index in [-0.39, 0.29) is 18.4 Å². The molecule has 0 bridgehead atoms. The molecular weight excluding hydrogens is 270 g/mol. The number of nitrogens with zero attached hydrogens (tertiary/aromatic N) is 2. The largest absolute Gasteiger partial charge is 0.497 e. The van der Waals surface area contributed by atoms with Crippen molar-refractivity contribution < 1.29 is 14.3 Å². The molecule has 1 aliphatic rings. The quantitative estimate of drug-likeness (QED) is 0.910. The van der Waals surface area contributed by atoms with Gasteiger partial charge in [-0.25, -0.2) is 4.98 Å². The molecule has 3 rings (SSSR count). The fourth-order valence-electron chi connectivity index (χ4n) is 2.18. The third kappa shape index (κ3) is 2.43. The van der Waals surface area contributed by atoms with Crippen molar-refractivity contribution in [3.63, 3.8) is 0 Å². The number of nitrogens with one attached hydrogen (secondary N) is 1. The number of rotatable bonds is 2. The maximum absolute atomic E-state index is 12.6. The molecule has 1 aromatic carbocycles. The first-order chi connectivity index (χ1) is 10.2. The summed E-state index contributed by atoms with van der Waals surface area (Å²) in [4.78, 5) is 29.8. The summed E-state index contributed by atoms with van der Waals surface area (Å²) < 4.78 is 5.07. The van der Waals surface area contributed by atoms with E-state index in [0.717, 1.165) is 0 Å². The average molecular weight is 283 g/mol. The number of carbonyl (C=O) groups excluding carboxylic acids is 2. The molecule has 0 radical (unpaired) electrons. The topological polar surface area (TPSA) is 71.5 Å². The van der Waals surface area contributed by atoms with Crippen LogP contribution >= 0.6 is 0 Å². The number of ether oxygens (including phenoxy) is 1. The Kier molecular flexibility index (Phi) is 3.27. The van der Waals surface area contributed by atoms with E-state index in [1.807, 2.05) is 0 Å². The Hall–Kier alpha value is -2.89. The minimum absolute atomic E-state index is 0.0468. The Balaban J connectivity index is 1.95. The number of benzene rings is 1. The first-order valence-electron chi connectivity index (χ1n) is 6.40. The SMILES string of the molecule is COc1ccc(C(=O)N2CC(=O)Nc3cccnc32)cc1. The van der Waals surface area contributed by atoms with Crippen molar-refractivity contribution in [3.05, 3.63) is 48.2 Å². The Morgan fingerprint density at radius 3 is 2.76 bits per heavy atom. The number of pyridine rings is 1. The van der Waals surface area contributed by atoms with Crippen molar-refractivity contribution in [1.82, 2.24) is 4.98 Å². The second kappa shape index (κ2) is 5.24. The average Bonchev–Trinajstić information content (AvgIpc) is 2.53. The number of aromatic nitrogens is 1. The third-order valence-electron chi connectivity index (χ3n) is 3.20. The van der Waals surface area contributed by atoms with Crippen molar-refractivity contribution >= 4 is 23.3 Å². The van der Waals surface area contributed by atoms with E-state index in [4.69, 9.17) is 4.74 Å². The van der Waals surface area contributed by atoms with Gasteiger partial charge in [-0.2, -0.15) is 0 Å². The molecule has 2 amide bonds. The Morgan fingerprint density at radius 1 is 1.29 bits per heavy atom. The normalized spacial score (nSPS) is 13.4. The summed E-state index contributed by atoms with van der Waals surface area (Å²) in [6, 6.07) is 10.2. The van der Waals surface area contributed by atoms with E-state index in [1.54, 1.807) is 49.7 Å². The predicted molar refractivity (Wildman–Crippen MR) is 77.5 cm³/mol. The molecule has 0 fully saturated rings. The van der Waals surface area contributed by atoms with E-state index in [9.17, 15) is 9.59 Å². The van der Waals surface area contributed by atoms with Gasteiger partial charge in [-0.1, -0.05) is 0 Å². The summed E-state index contributed by atoms with van der Waals surface area (Å²) >= 11 is 0. The van der Waals surface area contributed by atoms with Gasteiger partial charge in [0.1, 0.15) is 12.3 Å². The van der Waals surface area contributed by atoms with Gasteiger partial charge in [0.25, 0.3) is 5.91 Å². The summed E-state index contributed by atoms with van der Waals surface area (Å²) in [7, 11) is 1.56. The van der Waals surface area contributed by atoms with Crippen LogP contribution in [-0.4, -0.2) is 30.5 Å². The predicted octanol–water partition coefficient (Wildman–Crippen LogP) is 1.69. The molecule has 0 atom stereocenters. The van der Waals surface area contributed by atoms with E-state index in [2.05, 4.69) is 10.3 Å². The number of carbonyl (C=O) groups is 2. The van der Waals surface area contributed by atoms with Crippen LogP contribution in [0.15, 0.2) is 42.6 Å². The van der Waals surface area contributed by atoms with Gasteiger partial charge in [-0.05, 0) is 36.4 Å². The second-order valence-corrected chi connectivity index (χ2v) is 4.54. The van der Waals surface area contributed by atoms with Gasteiger partial charge in [0.2, 0.25) is 5.91 Å². The highest BCUT2D eigenvalue weighted by Crippen LogP contribution is 2.27. The van der Waals surface area contributed by atoms with Crippen LogP contribution in [0.3, 0.4) is 0 Å². The summed E-state index contributed by atoms with van der Waals surface area (Å²) in [5.41, 5.74) is 1.01. The molecule has 1 aliphatic heterocycles. The Labute approximate surface area is 121 Å². The van der Waals surface area contributed by atoms with Gasteiger partial charge in [0, 0.05) is 11.8 Å². The van der Waals surface area contributed by atoms with Crippen LogP contribution in [0, 0.1) is 0 Å². The zero-order valence-electron chi connectivity index (χ0n) is 11.4. The zero-order valence-corrected chi connectivity index (χ0v) is 11.4. The number of anilines is 2. The highest BCUT2D eigenvalue weighted by Gasteiger charge is 2.28. The monoisotopic (exact) mass is 283 g/mol. The minimum atomic E-state index is -0.271. The molecule has 6 heteroatoms. The van der Waals surface area contributed by atoms with E-state index in [0.29, 0.717) is 22.8 Å². The lowest BCUT2D eigenvalue weighted by Crippen LogP contribution is -2.42.